The lowest BCUT2D eigenvalue weighted by molar-refractivity contribution is 0.0926. The first-order valence-electron chi connectivity index (χ1n) is 6.88. The van der Waals surface area contributed by atoms with Crippen molar-refractivity contribution in [3.8, 4) is 12.1 Å². The lowest BCUT2D eigenvalue weighted by Crippen LogP contribution is -2.30. The van der Waals surface area contributed by atoms with Crippen LogP contribution in [0.5, 0.6) is 0 Å². The lowest BCUT2D eigenvalue weighted by Gasteiger charge is -2.17. The molecule has 114 valence electrons. The molecule has 0 unspecified atom stereocenters. The fourth-order valence-electron chi connectivity index (χ4n) is 2.36. The highest BCUT2D eigenvalue weighted by atomic mass is 16.2. The van der Waals surface area contributed by atoms with Crippen LogP contribution in [0.4, 0.5) is 11.4 Å². The smallest absolute Gasteiger partial charge is 0.266 e. The number of hydrogen-bond acceptors (Lipinski definition) is 6. The van der Waals surface area contributed by atoms with Crippen molar-refractivity contribution in [1.29, 1.82) is 10.5 Å². The molecule has 0 fully saturated rings. The second-order valence-electron chi connectivity index (χ2n) is 4.80. The maximum absolute atomic E-state index is 12.5. The number of carbonyl (C=O) groups is 2. The molecule has 0 aromatic heterocycles. The number of para-hydroxylation sites is 2. The van der Waals surface area contributed by atoms with E-state index in [-0.39, 0.29) is 5.71 Å². The predicted molar refractivity (Wildman–Crippen MR) is 86.3 cm³/mol. The zero-order valence-electron chi connectivity index (χ0n) is 12.2. The van der Waals surface area contributed by atoms with Crippen molar-refractivity contribution in [2.45, 2.75) is 0 Å². The van der Waals surface area contributed by atoms with Gasteiger partial charge in [0.05, 0.1) is 22.5 Å². The van der Waals surface area contributed by atoms with Crippen LogP contribution in [0.15, 0.2) is 53.6 Å². The van der Waals surface area contributed by atoms with E-state index in [2.05, 4.69) is 10.5 Å². The second kappa shape index (κ2) is 6.03. The zero-order valence-corrected chi connectivity index (χ0v) is 12.2. The molecule has 2 amide bonds. The van der Waals surface area contributed by atoms with Crippen LogP contribution < -0.4 is 10.3 Å². The van der Waals surface area contributed by atoms with Gasteiger partial charge in [0.1, 0.15) is 12.1 Å². The van der Waals surface area contributed by atoms with Gasteiger partial charge < -0.3 is 0 Å². The Bertz CT molecular complexity index is 914. The average molecular weight is 315 g/mol. The number of hydrogen-bond donors (Lipinski definition) is 1. The quantitative estimate of drug-likeness (QED) is 0.531. The maximum Gasteiger partial charge on any atom is 0.266 e. The Labute approximate surface area is 137 Å². The molecule has 0 saturated carbocycles. The van der Waals surface area contributed by atoms with Gasteiger partial charge in [0.2, 0.25) is 5.71 Å². The summed E-state index contributed by atoms with van der Waals surface area (Å²) in [7, 11) is 0. The number of nitrogens with one attached hydrogen (secondary N) is 1. The van der Waals surface area contributed by atoms with Gasteiger partial charge in [0.25, 0.3) is 11.8 Å². The molecule has 0 saturated heterocycles. The topological polar surface area (TPSA) is 109 Å². The van der Waals surface area contributed by atoms with E-state index in [9.17, 15) is 9.59 Å². The highest BCUT2D eigenvalue weighted by Crippen LogP contribution is 2.33. The van der Waals surface area contributed by atoms with E-state index in [1.807, 2.05) is 0 Å². The molecule has 2 aromatic carbocycles. The Morgan fingerprint density at radius 2 is 1.46 bits per heavy atom. The van der Waals surface area contributed by atoms with Crippen molar-refractivity contribution < 1.29 is 9.59 Å². The van der Waals surface area contributed by atoms with Crippen LogP contribution in [0.3, 0.4) is 0 Å². The fourth-order valence-corrected chi connectivity index (χ4v) is 2.36. The molecule has 7 heteroatoms. The number of benzene rings is 2. The molecule has 0 aliphatic carbocycles. The van der Waals surface area contributed by atoms with Crippen LogP contribution in [-0.2, 0) is 0 Å². The lowest BCUT2D eigenvalue weighted by atomic mass is 10.1. The summed E-state index contributed by atoms with van der Waals surface area (Å²) in [5.41, 5.74) is 3.47. The number of imide groups is 1. The minimum atomic E-state index is -0.436. The summed E-state index contributed by atoms with van der Waals surface area (Å²) in [6.45, 7) is 0. The van der Waals surface area contributed by atoms with Crippen molar-refractivity contribution in [3.05, 3.63) is 59.7 Å². The Balaban J connectivity index is 2.02. The van der Waals surface area contributed by atoms with E-state index >= 15 is 0 Å². The summed E-state index contributed by atoms with van der Waals surface area (Å²) in [4.78, 5) is 26.1. The van der Waals surface area contributed by atoms with Gasteiger partial charge in [-0.1, -0.05) is 24.3 Å². The van der Waals surface area contributed by atoms with Gasteiger partial charge in [-0.05, 0) is 24.3 Å². The minimum absolute atomic E-state index is 0.294. The van der Waals surface area contributed by atoms with E-state index < -0.39 is 11.8 Å². The number of carbonyl (C=O) groups excluding carboxylic acids is 2. The summed E-state index contributed by atoms with van der Waals surface area (Å²) in [5.74, 6) is -0.871. The first-order valence-corrected chi connectivity index (χ1v) is 6.88. The van der Waals surface area contributed by atoms with E-state index in [0.29, 0.717) is 22.5 Å². The molecule has 0 atom stereocenters. The third-order valence-corrected chi connectivity index (χ3v) is 3.44. The van der Waals surface area contributed by atoms with Crippen molar-refractivity contribution >= 4 is 28.9 Å². The monoisotopic (exact) mass is 315 g/mol. The molecule has 1 aliphatic heterocycles. The molecule has 2 aromatic rings. The van der Waals surface area contributed by atoms with Crippen molar-refractivity contribution in [2.75, 3.05) is 10.3 Å². The van der Waals surface area contributed by atoms with E-state index in [1.165, 1.54) is 0 Å². The molecule has 7 nitrogen and oxygen atoms in total. The number of nitrogens with zero attached hydrogens (tertiary/aromatic N) is 4. The summed E-state index contributed by atoms with van der Waals surface area (Å²) < 4.78 is 0. The Hall–Kier alpha value is -3.97. The van der Waals surface area contributed by atoms with Gasteiger partial charge in [0.15, 0.2) is 0 Å². The van der Waals surface area contributed by atoms with E-state index in [1.54, 1.807) is 60.7 Å². The fraction of sp³-hybridized carbons (Fsp3) is 0. The Morgan fingerprint density at radius 1 is 0.917 bits per heavy atom. The predicted octanol–water partition coefficient (Wildman–Crippen LogP) is 2.30. The SMILES string of the molecule is N#CC(C#N)=NNc1ccccc1N1C(=O)c2ccccc2C1=O. The van der Waals surface area contributed by atoms with Crippen LogP contribution in [0.25, 0.3) is 0 Å². The van der Waals surface area contributed by atoms with Crippen LogP contribution in [0.1, 0.15) is 20.7 Å². The van der Waals surface area contributed by atoms with Gasteiger partial charge in [-0.3, -0.25) is 15.0 Å². The summed E-state index contributed by atoms with van der Waals surface area (Å²) in [5, 5.41) is 21.1. The van der Waals surface area contributed by atoms with Crippen molar-refractivity contribution in [3.63, 3.8) is 0 Å². The standard InChI is InChI=1S/C17H9N5O2/c18-9-11(10-19)20-21-14-7-3-4-8-15(14)22-16(23)12-5-1-2-6-13(12)17(22)24/h1-8,21H. The third-order valence-electron chi connectivity index (χ3n) is 3.44. The summed E-state index contributed by atoms with van der Waals surface area (Å²) >= 11 is 0. The molecule has 1 aliphatic rings. The summed E-state index contributed by atoms with van der Waals surface area (Å²) in [6, 6.07) is 16.3. The highest BCUT2D eigenvalue weighted by Gasteiger charge is 2.37. The molecule has 0 spiro atoms. The van der Waals surface area contributed by atoms with Crippen molar-refractivity contribution in [2.24, 2.45) is 5.10 Å². The van der Waals surface area contributed by atoms with Gasteiger partial charge in [-0.25, -0.2) is 4.90 Å². The number of fused-ring (bicyclic) bond motifs is 1. The Morgan fingerprint density at radius 3 is 2.04 bits per heavy atom. The number of anilines is 2. The van der Waals surface area contributed by atoms with Crippen LogP contribution in [0, 0.1) is 22.7 Å². The maximum atomic E-state index is 12.5. The van der Waals surface area contributed by atoms with Crippen molar-refractivity contribution in [1.82, 2.24) is 0 Å². The number of amides is 2. The zero-order chi connectivity index (χ0) is 17.1. The van der Waals surface area contributed by atoms with Gasteiger partial charge in [-0.15, -0.1) is 0 Å². The molecular formula is C17H9N5O2. The first-order chi connectivity index (χ1) is 11.7. The second-order valence-corrected chi connectivity index (χ2v) is 4.80. The molecule has 3 rings (SSSR count). The minimum Gasteiger partial charge on any atom is -0.274 e. The normalized spacial score (nSPS) is 12.2. The van der Waals surface area contributed by atoms with Gasteiger partial charge >= 0.3 is 0 Å². The molecule has 1 N–H and O–H groups in total. The largest absolute Gasteiger partial charge is 0.274 e. The highest BCUT2D eigenvalue weighted by molar-refractivity contribution is 6.35. The summed E-state index contributed by atoms with van der Waals surface area (Å²) in [6.07, 6.45) is 0. The van der Waals surface area contributed by atoms with E-state index in [4.69, 9.17) is 10.5 Å². The van der Waals surface area contributed by atoms with Crippen LogP contribution in [-0.4, -0.2) is 17.5 Å². The van der Waals surface area contributed by atoms with Crippen LogP contribution >= 0.6 is 0 Å². The molecule has 0 bridgehead atoms. The third kappa shape index (κ3) is 2.36. The molecular weight excluding hydrogens is 306 g/mol. The first kappa shape index (κ1) is 14.9. The number of nitriles is 2. The number of hydrazone groups is 1. The number of rotatable bonds is 3. The van der Waals surface area contributed by atoms with Gasteiger partial charge in [0, 0.05) is 0 Å². The molecule has 24 heavy (non-hydrogen) atoms. The molecule has 1 heterocycles. The van der Waals surface area contributed by atoms with E-state index in [0.717, 1.165) is 4.90 Å². The van der Waals surface area contributed by atoms with Gasteiger partial charge in [-0.2, -0.15) is 15.6 Å². The Kier molecular flexibility index (Phi) is 3.76. The average Bonchev–Trinajstić information content (AvgIpc) is 2.88. The molecule has 0 radical (unpaired) electrons. The van der Waals surface area contributed by atoms with Crippen LogP contribution in [0.2, 0.25) is 0 Å².